The quantitative estimate of drug-likeness (QED) is 0.504. The smallest absolute Gasteiger partial charge is 0.219 e. The number of aromatic hydroxyl groups is 1. The van der Waals surface area contributed by atoms with Gasteiger partial charge in [0.05, 0.1) is 5.52 Å². The van der Waals surface area contributed by atoms with E-state index in [0.717, 1.165) is 27.8 Å². The zero-order chi connectivity index (χ0) is 18.6. The number of nitrogens with zero attached hydrogens (tertiary/aromatic N) is 1. The fourth-order valence-corrected chi connectivity index (χ4v) is 2.78. The minimum absolute atomic E-state index is 0.244. The number of phenols is 1. The lowest BCUT2D eigenvalue weighted by molar-refractivity contribution is 0.306. The maximum atomic E-state index is 9.63. The fourth-order valence-electron chi connectivity index (χ4n) is 2.78. The predicted molar refractivity (Wildman–Crippen MR) is 105 cm³/mol. The molecule has 0 saturated carbocycles. The zero-order valence-electron chi connectivity index (χ0n) is 14.9. The van der Waals surface area contributed by atoms with Gasteiger partial charge in [-0.2, -0.15) is 0 Å². The van der Waals surface area contributed by atoms with Crippen molar-refractivity contribution in [3.63, 3.8) is 0 Å². The fraction of sp³-hybridized carbons (Fsp3) is 0.0870. The van der Waals surface area contributed by atoms with E-state index in [1.165, 1.54) is 0 Å². The molecule has 0 bridgehead atoms. The largest absolute Gasteiger partial charge is 0.508 e. The SMILES string of the molecule is Cc1cc(Oc2ccc3ccc(OCc4ccccc4)cc3n2)ccc1O. The molecule has 0 unspecified atom stereocenters. The Kier molecular flexibility index (Phi) is 4.62. The third-order valence-corrected chi connectivity index (χ3v) is 4.28. The van der Waals surface area contributed by atoms with Gasteiger partial charge in [0, 0.05) is 17.5 Å². The van der Waals surface area contributed by atoms with E-state index in [9.17, 15) is 5.11 Å². The summed E-state index contributed by atoms with van der Waals surface area (Å²) in [5, 5.41) is 10.6. The van der Waals surface area contributed by atoms with Crippen LogP contribution >= 0.6 is 0 Å². The molecule has 0 fully saturated rings. The number of ether oxygens (including phenoxy) is 2. The van der Waals surface area contributed by atoms with Crippen LogP contribution in [0.3, 0.4) is 0 Å². The summed E-state index contributed by atoms with van der Waals surface area (Å²) in [5.74, 6) is 2.13. The van der Waals surface area contributed by atoms with Crippen LogP contribution in [0.5, 0.6) is 23.1 Å². The van der Waals surface area contributed by atoms with E-state index in [0.29, 0.717) is 18.2 Å². The predicted octanol–water partition coefficient (Wildman–Crippen LogP) is 5.62. The summed E-state index contributed by atoms with van der Waals surface area (Å²) in [6.07, 6.45) is 0. The van der Waals surface area contributed by atoms with E-state index < -0.39 is 0 Å². The summed E-state index contributed by atoms with van der Waals surface area (Å²) in [7, 11) is 0. The van der Waals surface area contributed by atoms with Gasteiger partial charge in [0.1, 0.15) is 23.9 Å². The van der Waals surface area contributed by atoms with Gasteiger partial charge < -0.3 is 14.6 Å². The molecule has 4 heteroatoms. The molecule has 1 N–H and O–H groups in total. The van der Waals surface area contributed by atoms with Crippen molar-refractivity contribution in [1.29, 1.82) is 0 Å². The maximum Gasteiger partial charge on any atom is 0.219 e. The van der Waals surface area contributed by atoms with Crippen LogP contribution in [0.15, 0.2) is 78.9 Å². The highest BCUT2D eigenvalue weighted by atomic mass is 16.5. The second-order valence-electron chi connectivity index (χ2n) is 6.33. The second kappa shape index (κ2) is 7.38. The minimum atomic E-state index is 0.244. The van der Waals surface area contributed by atoms with E-state index in [1.807, 2.05) is 67.6 Å². The van der Waals surface area contributed by atoms with Crippen LogP contribution in [-0.4, -0.2) is 10.1 Å². The Hall–Kier alpha value is -3.53. The van der Waals surface area contributed by atoms with Gasteiger partial charge in [0.2, 0.25) is 5.88 Å². The van der Waals surface area contributed by atoms with Crippen LogP contribution in [-0.2, 0) is 6.61 Å². The topological polar surface area (TPSA) is 51.6 Å². The number of pyridine rings is 1. The molecule has 4 rings (SSSR count). The molecule has 0 radical (unpaired) electrons. The first-order valence-corrected chi connectivity index (χ1v) is 8.72. The van der Waals surface area contributed by atoms with Crippen LogP contribution in [0, 0.1) is 6.92 Å². The third-order valence-electron chi connectivity index (χ3n) is 4.28. The van der Waals surface area contributed by atoms with Gasteiger partial charge >= 0.3 is 0 Å². The lowest BCUT2D eigenvalue weighted by Gasteiger charge is -2.09. The van der Waals surface area contributed by atoms with Crippen molar-refractivity contribution in [2.45, 2.75) is 13.5 Å². The molecule has 0 aliphatic heterocycles. The van der Waals surface area contributed by atoms with Crippen LogP contribution < -0.4 is 9.47 Å². The molecule has 4 aromatic rings. The number of aromatic nitrogens is 1. The van der Waals surface area contributed by atoms with Gasteiger partial charge in [-0.25, -0.2) is 4.98 Å². The van der Waals surface area contributed by atoms with Crippen LogP contribution in [0.1, 0.15) is 11.1 Å². The van der Waals surface area contributed by atoms with Crippen LogP contribution in [0.25, 0.3) is 10.9 Å². The monoisotopic (exact) mass is 357 g/mol. The lowest BCUT2D eigenvalue weighted by atomic mass is 10.2. The van der Waals surface area contributed by atoms with Crippen molar-refractivity contribution in [3.05, 3.63) is 90.0 Å². The number of aryl methyl sites for hydroxylation is 1. The Bertz CT molecular complexity index is 1080. The highest BCUT2D eigenvalue weighted by molar-refractivity contribution is 5.80. The maximum absolute atomic E-state index is 9.63. The Morgan fingerprint density at radius 2 is 1.63 bits per heavy atom. The molecular formula is C23H19NO3. The Balaban J connectivity index is 1.54. The number of rotatable bonds is 5. The number of phenolic OH excluding ortho intramolecular Hbond substituents is 1. The van der Waals surface area contributed by atoms with Crippen molar-refractivity contribution in [2.24, 2.45) is 0 Å². The van der Waals surface area contributed by atoms with E-state index in [2.05, 4.69) is 4.98 Å². The molecular weight excluding hydrogens is 338 g/mol. The first-order valence-electron chi connectivity index (χ1n) is 8.72. The first kappa shape index (κ1) is 16.9. The molecule has 0 aliphatic carbocycles. The summed E-state index contributed by atoms with van der Waals surface area (Å²) in [5.41, 5.74) is 2.67. The summed E-state index contributed by atoms with van der Waals surface area (Å²) in [6.45, 7) is 2.34. The van der Waals surface area contributed by atoms with Crippen molar-refractivity contribution in [3.8, 4) is 23.1 Å². The Labute approximate surface area is 157 Å². The van der Waals surface area contributed by atoms with Crippen molar-refractivity contribution in [2.75, 3.05) is 0 Å². The molecule has 27 heavy (non-hydrogen) atoms. The Morgan fingerprint density at radius 1 is 0.852 bits per heavy atom. The molecule has 0 aliphatic rings. The molecule has 0 atom stereocenters. The van der Waals surface area contributed by atoms with Crippen LogP contribution in [0.4, 0.5) is 0 Å². The van der Waals surface area contributed by atoms with Crippen molar-refractivity contribution < 1.29 is 14.6 Å². The molecule has 1 heterocycles. The minimum Gasteiger partial charge on any atom is -0.508 e. The van der Waals surface area contributed by atoms with E-state index >= 15 is 0 Å². The molecule has 1 aromatic heterocycles. The summed E-state index contributed by atoms with van der Waals surface area (Å²) < 4.78 is 11.7. The normalized spacial score (nSPS) is 10.7. The van der Waals surface area contributed by atoms with Crippen LogP contribution in [0.2, 0.25) is 0 Å². The standard InChI is InChI=1S/C23H19NO3/c1-16-13-20(10-11-22(16)25)27-23-12-8-18-7-9-19(14-21(18)24-23)26-15-17-5-3-2-4-6-17/h2-14,25H,15H2,1H3. The number of benzene rings is 3. The zero-order valence-corrected chi connectivity index (χ0v) is 14.9. The molecule has 4 nitrogen and oxygen atoms in total. The van der Waals surface area contributed by atoms with Gasteiger partial charge in [-0.15, -0.1) is 0 Å². The average Bonchev–Trinajstić information content (AvgIpc) is 2.70. The molecule has 0 amide bonds. The van der Waals surface area contributed by atoms with Crippen molar-refractivity contribution in [1.82, 2.24) is 4.98 Å². The summed E-state index contributed by atoms with van der Waals surface area (Å²) in [6, 6.07) is 24.8. The summed E-state index contributed by atoms with van der Waals surface area (Å²) >= 11 is 0. The van der Waals surface area contributed by atoms with Gasteiger partial charge in [0.15, 0.2) is 0 Å². The molecule has 0 spiro atoms. The van der Waals surface area contributed by atoms with Gasteiger partial charge in [-0.3, -0.25) is 0 Å². The molecule has 0 saturated heterocycles. The molecule has 3 aromatic carbocycles. The van der Waals surface area contributed by atoms with Gasteiger partial charge in [-0.05, 0) is 54.4 Å². The number of hydrogen-bond acceptors (Lipinski definition) is 4. The lowest BCUT2D eigenvalue weighted by Crippen LogP contribution is -1.95. The highest BCUT2D eigenvalue weighted by Gasteiger charge is 2.05. The van der Waals surface area contributed by atoms with E-state index in [-0.39, 0.29) is 5.75 Å². The molecule has 134 valence electrons. The number of fused-ring (bicyclic) bond motifs is 1. The van der Waals surface area contributed by atoms with Gasteiger partial charge in [-0.1, -0.05) is 30.3 Å². The average molecular weight is 357 g/mol. The van der Waals surface area contributed by atoms with Gasteiger partial charge in [0.25, 0.3) is 0 Å². The Morgan fingerprint density at radius 3 is 2.44 bits per heavy atom. The number of hydrogen-bond donors (Lipinski definition) is 1. The van der Waals surface area contributed by atoms with Crippen molar-refractivity contribution >= 4 is 10.9 Å². The van der Waals surface area contributed by atoms with E-state index in [1.54, 1.807) is 18.2 Å². The first-order chi connectivity index (χ1) is 13.2. The second-order valence-corrected chi connectivity index (χ2v) is 6.33. The summed E-state index contributed by atoms with van der Waals surface area (Å²) in [4.78, 5) is 4.57. The third kappa shape index (κ3) is 4.01. The highest BCUT2D eigenvalue weighted by Crippen LogP contribution is 2.28. The van der Waals surface area contributed by atoms with E-state index in [4.69, 9.17) is 9.47 Å².